The Balaban J connectivity index is 1.08. The monoisotopic (exact) mass is 891 g/mol. The molecule has 3 aromatic rings. The summed E-state index contributed by atoms with van der Waals surface area (Å²) in [5.74, 6) is -1.68. The SMILES string of the molecule is C=C[C@@H]1C[C@]1(CC(=O)[C@@H]1C[C@@H]2CN1C(=O)[C@H](C1CCCC1)CC(=O)O[C@@H]1CCC[C@H]1CC/C=C/Cc1c(nc3ccccc3c1OCc1ccccc1)O2)C(=O)NS(=O)(=O)C1(C)CC1. The minimum Gasteiger partial charge on any atom is -0.488 e. The molecule has 6 aliphatic rings. The molecule has 9 rings (SSSR count). The summed E-state index contributed by atoms with van der Waals surface area (Å²) in [6.07, 6.45) is 14.3. The third kappa shape index (κ3) is 8.98. The van der Waals surface area contributed by atoms with E-state index in [4.69, 9.17) is 19.2 Å². The third-order valence-corrected chi connectivity index (χ3v) is 17.4. The van der Waals surface area contributed by atoms with Crippen molar-refractivity contribution in [3.63, 3.8) is 0 Å². The summed E-state index contributed by atoms with van der Waals surface area (Å²) in [6.45, 7) is 5.89. The molecule has 0 spiro atoms. The Hall–Kier alpha value is -5.04. The topological polar surface area (TPSA) is 158 Å². The van der Waals surface area contributed by atoms with Crippen molar-refractivity contribution in [1.82, 2.24) is 14.6 Å². The zero-order valence-corrected chi connectivity index (χ0v) is 37.7. The molecule has 1 N–H and O–H groups in total. The van der Waals surface area contributed by atoms with Crippen LogP contribution in [0.5, 0.6) is 11.6 Å². The van der Waals surface area contributed by atoms with Gasteiger partial charge in [0.2, 0.25) is 27.7 Å². The number of hydrogen-bond donors (Lipinski definition) is 1. The highest BCUT2D eigenvalue weighted by molar-refractivity contribution is 7.91. The standard InChI is InChI=1S/C51H61N3O9S/c1-3-36-29-51(36,49(58)53-64(59,60)50(2)25-26-50)30-43(55)42-27-37-31-54(42)48(57)40(34-17-10-11-18-34)28-45(56)63-44-24-14-20-35(44)19-8-5-9-22-39-46(61-32-33-15-6-4-7-16-33)38-21-12-13-23-41(38)52-47(39)62-37/h3-7,9,12-13,15-16,21,23,34-37,40,42,44H,1,8,10-11,14,17-20,22,24-32H2,2H3,(H,53,58)/b9-5+/t35-,36-,37-,40+,42+,44-,51-/m1/s1. The molecule has 64 heavy (non-hydrogen) atoms. The molecule has 3 heterocycles. The van der Waals surface area contributed by atoms with Crippen molar-refractivity contribution in [3.05, 3.63) is 90.5 Å². The number of nitrogens with one attached hydrogen (secondary N) is 1. The zero-order valence-electron chi connectivity index (χ0n) is 36.9. The van der Waals surface area contributed by atoms with E-state index in [0.29, 0.717) is 43.0 Å². The maximum Gasteiger partial charge on any atom is 0.306 e. The van der Waals surface area contributed by atoms with Gasteiger partial charge in [-0.1, -0.05) is 73.5 Å². The Morgan fingerprint density at radius 3 is 2.45 bits per heavy atom. The first-order valence-corrected chi connectivity index (χ1v) is 25.0. The Kier molecular flexibility index (Phi) is 12.5. The van der Waals surface area contributed by atoms with E-state index in [0.717, 1.165) is 74.3 Å². The van der Waals surface area contributed by atoms with Crippen LogP contribution in [0.4, 0.5) is 0 Å². The lowest BCUT2D eigenvalue weighted by atomic mass is 9.86. The smallest absolute Gasteiger partial charge is 0.306 e. The second-order valence-corrected chi connectivity index (χ2v) is 21.8. The predicted molar refractivity (Wildman–Crippen MR) is 241 cm³/mol. The number of ketones is 1. The van der Waals surface area contributed by atoms with Gasteiger partial charge in [0.25, 0.3) is 0 Å². The Labute approximate surface area is 376 Å². The van der Waals surface area contributed by atoms with Crippen molar-refractivity contribution in [2.75, 3.05) is 6.54 Å². The van der Waals surface area contributed by atoms with Gasteiger partial charge in [0, 0.05) is 18.2 Å². The van der Waals surface area contributed by atoms with Crippen molar-refractivity contribution in [1.29, 1.82) is 0 Å². The summed E-state index contributed by atoms with van der Waals surface area (Å²) in [7, 11) is -3.97. The summed E-state index contributed by atoms with van der Waals surface area (Å²) in [5, 5.41) is 0.838. The van der Waals surface area contributed by atoms with E-state index in [-0.39, 0.29) is 67.8 Å². The van der Waals surface area contributed by atoms with Crippen LogP contribution in [0.25, 0.3) is 10.9 Å². The summed E-state index contributed by atoms with van der Waals surface area (Å²) < 4.78 is 47.6. The normalized spacial score (nSPS) is 29.9. The van der Waals surface area contributed by atoms with Crippen molar-refractivity contribution in [2.45, 2.75) is 139 Å². The summed E-state index contributed by atoms with van der Waals surface area (Å²) in [5.41, 5.74) is 1.12. The fourth-order valence-electron chi connectivity index (χ4n) is 10.9. The van der Waals surface area contributed by atoms with Crippen LogP contribution < -0.4 is 14.2 Å². The molecular formula is C51H61N3O9S. The van der Waals surface area contributed by atoms with Crippen LogP contribution in [0, 0.1) is 29.1 Å². The molecule has 1 saturated heterocycles. The molecule has 12 nitrogen and oxygen atoms in total. The highest BCUT2D eigenvalue weighted by atomic mass is 32.2. The van der Waals surface area contributed by atoms with E-state index in [2.05, 4.69) is 23.5 Å². The minimum absolute atomic E-state index is 0.0522. The molecule has 0 unspecified atom stereocenters. The van der Waals surface area contributed by atoms with Gasteiger partial charge in [-0.05, 0) is 113 Å². The molecule has 1 aromatic heterocycles. The van der Waals surface area contributed by atoms with E-state index in [9.17, 15) is 22.8 Å². The Bertz CT molecular complexity index is 2430. The molecule has 2 aromatic carbocycles. The number of allylic oxidation sites excluding steroid dienone is 3. The molecule has 4 aliphatic carbocycles. The summed E-state index contributed by atoms with van der Waals surface area (Å²) in [6, 6.07) is 16.7. The Morgan fingerprint density at radius 1 is 0.953 bits per heavy atom. The predicted octanol–water partition coefficient (Wildman–Crippen LogP) is 8.11. The molecule has 2 amide bonds. The number of carbonyl (C=O) groups excluding carboxylic acids is 4. The quantitative estimate of drug-likeness (QED) is 0.147. The molecule has 7 atom stereocenters. The van der Waals surface area contributed by atoms with Crippen molar-refractivity contribution < 1.29 is 41.8 Å². The van der Waals surface area contributed by atoms with Crippen molar-refractivity contribution in [2.24, 2.45) is 29.1 Å². The van der Waals surface area contributed by atoms with E-state index in [1.165, 1.54) is 0 Å². The van der Waals surface area contributed by atoms with Gasteiger partial charge >= 0.3 is 5.97 Å². The molecule has 4 saturated carbocycles. The van der Waals surface area contributed by atoms with Crippen LogP contribution in [0.3, 0.4) is 0 Å². The molecule has 2 aliphatic heterocycles. The number of aromatic nitrogens is 1. The molecule has 13 heteroatoms. The Morgan fingerprint density at radius 2 is 1.70 bits per heavy atom. The van der Waals surface area contributed by atoms with Crippen LogP contribution in [-0.2, 0) is 47.0 Å². The number of hydrogen-bond acceptors (Lipinski definition) is 10. The molecule has 0 radical (unpaired) electrons. The first-order valence-electron chi connectivity index (χ1n) is 23.5. The summed E-state index contributed by atoms with van der Waals surface area (Å²) >= 11 is 0. The highest BCUT2D eigenvalue weighted by Crippen LogP contribution is 2.57. The number of pyridine rings is 1. The largest absolute Gasteiger partial charge is 0.488 e. The van der Waals surface area contributed by atoms with Gasteiger partial charge in [-0.15, -0.1) is 6.58 Å². The van der Waals surface area contributed by atoms with E-state index < -0.39 is 50.1 Å². The molecule has 340 valence electrons. The number of ether oxygens (including phenoxy) is 3. The molecule has 5 fully saturated rings. The lowest BCUT2D eigenvalue weighted by Crippen LogP contribution is -2.48. The number of benzene rings is 2. The number of sulfonamides is 1. The van der Waals surface area contributed by atoms with Crippen LogP contribution in [0.2, 0.25) is 0 Å². The maximum atomic E-state index is 15.2. The first-order chi connectivity index (χ1) is 30.9. The van der Waals surface area contributed by atoms with Gasteiger partial charge < -0.3 is 19.1 Å². The van der Waals surface area contributed by atoms with Crippen LogP contribution in [-0.4, -0.2) is 71.4 Å². The van der Waals surface area contributed by atoms with Gasteiger partial charge in [-0.2, -0.15) is 0 Å². The van der Waals surface area contributed by atoms with E-state index in [1.54, 1.807) is 17.9 Å². The number of esters is 1. The van der Waals surface area contributed by atoms with Crippen LogP contribution >= 0.6 is 0 Å². The molecule has 2 bridgehead atoms. The van der Waals surface area contributed by atoms with Gasteiger partial charge in [-0.3, -0.25) is 23.9 Å². The van der Waals surface area contributed by atoms with Crippen molar-refractivity contribution in [3.8, 4) is 11.6 Å². The summed E-state index contributed by atoms with van der Waals surface area (Å²) in [4.78, 5) is 64.6. The first kappa shape index (κ1) is 44.2. The number of fused-ring (bicyclic) bond motifs is 5. The van der Waals surface area contributed by atoms with E-state index in [1.807, 2.05) is 54.6 Å². The lowest BCUT2D eigenvalue weighted by molar-refractivity contribution is -0.156. The zero-order chi connectivity index (χ0) is 44.6. The average molecular weight is 892 g/mol. The second kappa shape index (κ2) is 18.1. The van der Waals surface area contributed by atoms with Gasteiger partial charge in [0.15, 0.2) is 5.78 Å². The van der Waals surface area contributed by atoms with Crippen molar-refractivity contribution >= 4 is 44.5 Å². The second-order valence-electron chi connectivity index (χ2n) is 19.6. The van der Waals surface area contributed by atoms with Gasteiger partial charge in [0.05, 0.1) is 46.2 Å². The number of para-hydroxylation sites is 1. The molecular weight excluding hydrogens is 831 g/mol. The number of amides is 2. The fourth-order valence-corrected chi connectivity index (χ4v) is 12.2. The van der Waals surface area contributed by atoms with Gasteiger partial charge in [0.1, 0.15) is 24.6 Å². The lowest BCUT2D eigenvalue weighted by Gasteiger charge is -2.31. The average Bonchev–Trinajstić information content (AvgIpc) is 3.91. The highest BCUT2D eigenvalue weighted by Gasteiger charge is 2.62. The minimum atomic E-state index is -3.97. The van der Waals surface area contributed by atoms with Crippen LogP contribution in [0.1, 0.15) is 114 Å². The van der Waals surface area contributed by atoms with Crippen LogP contribution in [0.15, 0.2) is 79.4 Å². The third-order valence-electron chi connectivity index (χ3n) is 15.3. The van der Waals surface area contributed by atoms with Gasteiger partial charge in [-0.25, -0.2) is 13.4 Å². The number of Topliss-reactive ketones (excluding diaryl/α,β-unsaturated/α-hetero) is 1. The maximum absolute atomic E-state index is 15.2. The van der Waals surface area contributed by atoms with E-state index >= 15 is 4.79 Å². The number of nitrogens with zero attached hydrogens (tertiary/aromatic N) is 2. The fraction of sp³-hybridized carbons (Fsp3) is 0.549. The number of rotatable bonds is 11. The number of carbonyl (C=O) groups is 4.